The molecule has 0 bridgehead atoms. The first kappa shape index (κ1) is 26.2. The van der Waals surface area contributed by atoms with Gasteiger partial charge < -0.3 is 25.3 Å². The Labute approximate surface area is 218 Å². The van der Waals surface area contributed by atoms with Crippen molar-refractivity contribution in [3.05, 3.63) is 75.8 Å². The van der Waals surface area contributed by atoms with Gasteiger partial charge in [0, 0.05) is 20.1 Å². The lowest BCUT2D eigenvalue weighted by Gasteiger charge is -2.50. The number of carbonyl (C=O) groups excluding carboxylic acids is 3. The average Bonchev–Trinajstić information content (AvgIpc) is 3.34. The molecular formula is C26H27ClFN5O4. The summed E-state index contributed by atoms with van der Waals surface area (Å²) in [6.07, 6.45) is 1.37. The molecule has 3 aromatic rings. The number of methoxy groups -OCH3 is 1. The van der Waals surface area contributed by atoms with Crippen molar-refractivity contribution in [2.24, 2.45) is 0 Å². The zero-order valence-corrected chi connectivity index (χ0v) is 21.6. The van der Waals surface area contributed by atoms with Crippen molar-refractivity contribution in [1.29, 1.82) is 0 Å². The van der Waals surface area contributed by atoms with Crippen LogP contribution in [0.15, 0.2) is 42.6 Å². The number of anilines is 2. The van der Waals surface area contributed by atoms with Crippen molar-refractivity contribution in [2.75, 3.05) is 37.5 Å². The summed E-state index contributed by atoms with van der Waals surface area (Å²) in [6, 6.07) is 9.87. The Balaban J connectivity index is 1.73. The molecule has 0 radical (unpaired) electrons. The minimum atomic E-state index is -1.05. The highest BCUT2D eigenvalue weighted by Crippen LogP contribution is 2.41. The van der Waals surface area contributed by atoms with E-state index in [1.165, 1.54) is 26.4 Å². The number of hydrogen-bond acceptors (Lipinski definition) is 6. The van der Waals surface area contributed by atoms with Crippen LogP contribution in [0.3, 0.4) is 0 Å². The molecule has 2 aromatic carbocycles. The van der Waals surface area contributed by atoms with E-state index in [0.29, 0.717) is 5.95 Å². The fraction of sp³-hybridized carbons (Fsp3) is 0.308. The van der Waals surface area contributed by atoms with Gasteiger partial charge in [-0.05, 0) is 29.2 Å². The van der Waals surface area contributed by atoms with E-state index in [9.17, 15) is 18.8 Å². The molecule has 0 aliphatic carbocycles. The summed E-state index contributed by atoms with van der Waals surface area (Å²) in [6.45, 7) is 4.52. The smallest absolute Gasteiger partial charge is 0.356 e. The molecule has 37 heavy (non-hydrogen) atoms. The van der Waals surface area contributed by atoms with Gasteiger partial charge in [0.05, 0.1) is 29.6 Å². The molecule has 1 aliphatic rings. The first-order valence-corrected chi connectivity index (χ1v) is 12.0. The largest absolute Gasteiger partial charge is 0.464 e. The first-order valence-electron chi connectivity index (χ1n) is 11.6. The van der Waals surface area contributed by atoms with Crippen molar-refractivity contribution in [1.82, 2.24) is 15.3 Å². The van der Waals surface area contributed by atoms with Crippen molar-refractivity contribution in [2.45, 2.75) is 25.2 Å². The van der Waals surface area contributed by atoms with E-state index >= 15 is 0 Å². The minimum absolute atomic E-state index is 0.0112. The lowest BCUT2D eigenvalue weighted by molar-refractivity contribution is -0.122. The number of halogens is 2. The molecular weight excluding hydrogens is 501 g/mol. The van der Waals surface area contributed by atoms with Crippen LogP contribution in [0, 0.1) is 5.82 Å². The van der Waals surface area contributed by atoms with Crippen molar-refractivity contribution in [3.63, 3.8) is 0 Å². The Morgan fingerprint density at radius 3 is 2.57 bits per heavy atom. The summed E-state index contributed by atoms with van der Waals surface area (Å²) in [7, 11) is 2.71. The minimum Gasteiger partial charge on any atom is -0.464 e. The number of nitrogens with zero attached hydrogens (tertiary/aromatic N) is 2. The van der Waals surface area contributed by atoms with Crippen LogP contribution in [0.4, 0.5) is 16.0 Å². The highest BCUT2D eigenvalue weighted by molar-refractivity contribution is 6.31. The third kappa shape index (κ3) is 4.76. The highest BCUT2D eigenvalue weighted by atomic mass is 35.5. The Kier molecular flexibility index (Phi) is 7.22. The standard InChI is InChI=1S/C26H27ClFN5O4/c1-14(2)15-7-5-6-8-17(15)26(12-33(13-26)25-30-11-21(32-25)23(35)37-4)24(36)31-20-10-19(28)18(27)9-16(20)22(34)29-3/h5-11,14H,12-13H2,1-4H3,(H,29,34)(H,30,32)(H,31,36). The van der Waals surface area contributed by atoms with Crippen LogP contribution in [0.1, 0.15) is 51.7 Å². The third-order valence-electron chi connectivity index (χ3n) is 6.50. The summed E-state index contributed by atoms with van der Waals surface area (Å²) in [5.41, 5.74) is 0.996. The van der Waals surface area contributed by atoms with Gasteiger partial charge in [-0.1, -0.05) is 49.7 Å². The maximum Gasteiger partial charge on any atom is 0.356 e. The third-order valence-corrected chi connectivity index (χ3v) is 6.79. The van der Waals surface area contributed by atoms with Crippen LogP contribution in [0.2, 0.25) is 5.02 Å². The molecule has 1 aliphatic heterocycles. The fourth-order valence-electron chi connectivity index (χ4n) is 4.53. The second-order valence-corrected chi connectivity index (χ2v) is 9.54. The number of aromatic nitrogens is 2. The number of ether oxygens (including phenoxy) is 1. The molecule has 1 saturated heterocycles. The average molecular weight is 528 g/mol. The normalized spacial score (nSPS) is 14.2. The fourth-order valence-corrected chi connectivity index (χ4v) is 4.69. The number of amides is 2. The van der Waals surface area contributed by atoms with Crippen LogP contribution in [-0.2, 0) is 14.9 Å². The Morgan fingerprint density at radius 1 is 1.22 bits per heavy atom. The van der Waals surface area contributed by atoms with Gasteiger partial charge in [0.15, 0.2) is 0 Å². The molecule has 9 nitrogen and oxygen atoms in total. The maximum absolute atomic E-state index is 14.4. The van der Waals surface area contributed by atoms with Crippen LogP contribution in [0.5, 0.6) is 0 Å². The van der Waals surface area contributed by atoms with Gasteiger partial charge in [0.1, 0.15) is 16.9 Å². The molecule has 1 aromatic heterocycles. The lowest BCUT2D eigenvalue weighted by atomic mass is 9.69. The number of rotatable bonds is 7. The van der Waals surface area contributed by atoms with Gasteiger partial charge in [0.2, 0.25) is 11.9 Å². The van der Waals surface area contributed by atoms with Gasteiger partial charge >= 0.3 is 5.97 Å². The van der Waals surface area contributed by atoms with Crippen LogP contribution in [0.25, 0.3) is 0 Å². The van der Waals surface area contributed by atoms with E-state index in [-0.39, 0.29) is 41.0 Å². The maximum atomic E-state index is 14.4. The first-order chi connectivity index (χ1) is 17.6. The molecule has 2 amide bonds. The SMILES string of the molecule is CNC(=O)c1cc(Cl)c(F)cc1NC(=O)C1(c2ccccc2C(C)C)CN(c2ncc(C(=O)OC)[nH]2)C1. The van der Waals surface area contributed by atoms with E-state index in [0.717, 1.165) is 17.2 Å². The van der Waals surface area contributed by atoms with E-state index in [1.54, 1.807) is 0 Å². The second kappa shape index (κ2) is 10.2. The molecule has 194 valence electrons. The number of benzene rings is 2. The monoisotopic (exact) mass is 527 g/mol. The van der Waals surface area contributed by atoms with E-state index in [1.807, 2.05) is 43.0 Å². The summed E-state index contributed by atoms with van der Waals surface area (Å²) < 4.78 is 19.1. The van der Waals surface area contributed by atoms with Gasteiger partial charge in [-0.15, -0.1) is 0 Å². The number of aromatic amines is 1. The summed E-state index contributed by atoms with van der Waals surface area (Å²) in [5.74, 6) is -1.71. The quantitative estimate of drug-likeness (QED) is 0.402. The number of carbonyl (C=O) groups is 3. The second-order valence-electron chi connectivity index (χ2n) is 9.14. The zero-order valence-electron chi connectivity index (χ0n) is 20.8. The van der Waals surface area contributed by atoms with E-state index in [2.05, 4.69) is 20.6 Å². The number of esters is 1. The number of H-pyrrole nitrogens is 1. The molecule has 2 heterocycles. The Morgan fingerprint density at radius 2 is 1.92 bits per heavy atom. The topological polar surface area (TPSA) is 116 Å². The predicted octanol–water partition coefficient (Wildman–Crippen LogP) is 3.87. The highest BCUT2D eigenvalue weighted by Gasteiger charge is 2.53. The lowest BCUT2D eigenvalue weighted by Crippen LogP contribution is -2.66. The Bertz CT molecular complexity index is 1370. The van der Waals surface area contributed by atoms with Crippen molar-refractivity contribution >= 4 is 41.0 Å². The molecule has 11 heteroatoms. The molecule has 0 atom stereocenters. The molecule has 1 fully saturated rings. The number of nitrogens with one attached hydrogen (secondary N) is 3. The summed E-state index contributed by atoms with van der Waals surface area (Å²) in [4.78, 5) is 47.3. The summed E-state index contributed by atoms with van der Waals surface area (Å²) in [5, 5.41) is 5.02. The van der Waals surface area contributed by atoms with Crippen LogP contribution < -0.4 is 15.5 Å². The molecule has 0 spiro atoms. The number of imidazole rings is 1. The van der Waals surface area contributed by atoms with Gasteiger partial charge in [-0.25, -0.2) is 14.2 Å². The van der Waals surface area contributed by atoms with Gasteiger partial charge in [-0.3, -0.25) is 9.59 Å². The van der Waals surface area contributed by atoms with Crippen LogP contribution in [-0.4, -0.2) is 55.0 Å². The predicted molar refractivity (Wildman–Crippen MR) is 138 cm³/mol. The molecule has 3 N–H and O–H groups in total. The molecule has 4 rings (SSSR count). The van der Waals surface area contributed by atoms with Crippen molar-refractivity contribution < 1.29 is 23.5 Å². The Hall–Kier alpha value is -3.92. The van der Waals surface area contributed by atoms with Crippen LogP contribution >= 0.6 is 11.6 Å². The van der Waals surface area contributed by atoms with Gasteiger partial charge in [-0.2, -0.15) is 0 Å². The molecule has 0 unspecified atom stereocenters. The van der Waals surface area contributed by atoms with E-state index in [4.69, 9.17) is 16.3 Å². The molecule has 0 saturated carbocycles. The van der Waals surface area contributed by atoms with Gasteiger partial charge in [0.25, 0.3) is 5.91 Å². The summed E-state index contributed by atoms with van der Waals surface area (Å²) >= 11 is 5.91. The number of hydrogen-bond donors (Lipinski definition) is 3. The van der Waals surface area contributed by atoms with Crippen molar-refractivity contribution in [3.8, 4) is 0 Å². The van der Waals surface area contributed by atoms with E-state index < -0.39 is 29.0 Å². The zero-order chi connectivity index (χ0) is 26.9.